The lowest BCUT2D eigenvalue weighted by atomic mass is 10.1. The van der Waals surface area contributed by atoms with Gasteiger partial charge in [0, 0.05) is 17.8 Å². The minimum absolute atomic E-state index is 0.0765. The summed E-state index contributed by atoms with van der Waals surface area (Å²) in [5.41, 5.74) is 5.42. The molecule has 0 fully saturated rings. The quantitative estimate of drug-likeness (QED) is 0.317. The molecule has 128 valence electrons. The van der Waals surface area contributed by atoms with Crippen LogP contribution in [0.15, 0.2) is 40.1 Å². The van der Waals surface area contributed by atoms with E-state index in [0.717, 1.165) is 10.9 Å². The van der Waals surface area contributed by atoms with E-state index in [9.17, 15) is 14.9 Å². The fourth-order valence-electron chi connectivity index (χ4n) is 2.01. The third kappa shape index (κ3) is 3.48. The van der Waals surface area contributed by atoms with Crippen molar-refractivity contribution in [1.29, 1.82) is 0 Å². The Kier molecular flexibility index (Phi) is 4.44. The Hall–Kier alpha value is -3.27. The van der Waals surface area contributed by atoms with Crippen molar-refractivity contribution in [2.45, 2.75) is 13.0 Å². The number of nitro groups is 1. The van der Waals surface area contributed by atoms with Crippen molar-refractivity contribution in [2.75, 3.05) is 5.73 Å². The molecule has 3 aromatic rings. The van der Waals surface area contributed by atoms with Gasteiger partial charge in [-0.15, -0.1) is 21.5 Å². The summed E-state index contributed by atoms with van der Waals surface area (Å²) < 4.78 is 10.7. The van der Waals surface area contributed by atoms with E-state index in [4.69, 9.17) is 14.9 Å². The lowest BCUT2D eigenvalue weighted by molar-refractivity contribution is -0.384. The molecule has 0 aliphatic heterocycles. The Bertz CT molecular complexity index is 922. The first kappa shape index (κ1) is 16.6. The van der Waals surface area contributed by atoms with Crippen molar-refractivity contribution in [3.63, 3.8) is 0 Å². The maximum absolute atomic E-state index is 12.2. The standard InChI is InChI=1S/C15H12N4O5S/c1-8(13-17-18-14(24-13)12-3-2-6-25-12)23-15(20)10-7-9(19(21)22)4-5-11(10)16/h2-8H,16H2,1H3. The van der Waals surface area contributed by atoms with E-state index in [2.05, 4.69) is 10.2 Å². The Morgan fingerprint density at radius 1 is 1.40 bits per heavy atom. The fraction of sp³-hybridized carbons (Fsp3) is 0.133. The summed E-state index contributed by atoms with van der Waals surface area (Å²) >= 11 is 1.43. The number of non-ortho nitro benzene ring substituents is 1. The van der Waals surface area contributed by atoms with Gasteiger partial charge in [-0.2, -0.15) is 0 Å². The fourth-order valence-corrected chi connectivity index (χ4v) is 2.65. The van der Waals surface area contributed by atoms with Gasteiger partial charge in [0.05, 0.1) is 15.4 Å². The number of anilines is 1. The minimum Gasteiger partial charge on any atom is -0.449 e. The minimum atomic E-state index is -0.840. The molecular weight excluding hydrogens is 348 g/mol. The predicted molar refractivity (Wildman–Crippen MR) is 89.0 cm³/mol. The van der Waals surface area contributed by atoms with Crippen LogP contribution in [0.4, 0.5) is 11.4 Å². The second-order valence-corrected chi connectivity index (χ2v) is 5.95. The molecule has 10 heteroatoms. The highest BCUT2D eigenvalue weighted by Gasteiger charge is 2.23. The summed E-state index contributed by atoms with van der Waals surface area (Å²) in [4.78, 5) is 23.2. The highest BCUT2D eigenvalue weighted by Crippen LogP contribution is 2.27. The zero-order valence-electron chi connectivity index (χ0n) is 12.9. The monoisotopic (exact) mass is 360 g/mol. The van der Waals surface area contributed by atoms with E-state index in [1.54, 1.807) is 6.92 Å². The molecule has 0 aliphatic carbocycles. The smallest absolute Gasteiger partial charge is 0.341 e. The molecule has 0 bridgehead atoms. The molecule has 0 aliphatic rings. The van der Waals surface area contributed by atoms with E-state index < -0.39 is 17.0 Å². The molecule has 0 radical (unpaired) electrons. The number of benzene rings is 1. The third-order valence-electron chi connectivity index (χ3n) is 3.27. The zero-order chi connectivity index (χ0) is 18.0. The maximum atomic E-state index is 12.2. The molecule has 0 saturated heterocycles. The molecule has 25 heavy (non-hydrogen) atoms. The van der Waals surface area contributed by atoms with Gasteiger partial charge >= 0.3 is 5.97 Å². The predicted octanol–water partition coefficient (Wildman–Crippen LogP) is 3.21. The van der Waals surface area contributed by atoms with E-state index >= 15 is 0 Å². The summed E-state index contributed by atoms with van der Waals surface area (Å²) in [7, 11) is 0. The van der Waals surface area contributed by atoms with Gasteiger partial charge in [-0.1, -0.05) is 6.07 Å². The Morgan fingerprint density at radius 2 is 2.20 bits per heavy atom. The van der Waals surface area contributed by atoms with Crippen LogP contribution >= 0.6 is 11.3 Å². The van der Waals surface area contributed by atoms with E-state index in [0.29, 0.717) is 5.89 Å². The van der Waals surface area contributed by atoms with Crippen LogP contribution in [0, 0.1) is 10.1 Å². The van der Waals surface area contributed by atoms with Crippen molar-refractivity contribution >= 4 is 28.7 Å². The number of thiophene rings is 1. The van der Waals surface area contributed by atoms with Gasteiger partial charge in [-0.25, -0.2) is 4.79 Å². The first-order valence-electron chi connectivity index (χ1n) is 7.08. The summed E-state index contributed by atoms with van der Waals surface area (Å²) in [6.45, 7) is 1.55. The number of nitro benzene ring substituents is 1. The number of carbonyl (C=O) groups excluding carboxylic acids is 1. The van der Waals surface area contributed by atoms with Gasteiger partial charge in [0.25, 0.3) is 17.5 Å². The van der Waals surface area contributed by atoms with Crippen LogP contribution in [0.1, 0.15) is 29.3 Å². The lowest BCUT2D eigenvalue weighted by Gasteiger charge is -2.10. The summed E-state index contributed by atoms with van der Waals surface area (Å²) in [5.74, 6) is -0.381. The number of rotatable bonds is 5. The molecular formula is C15H12N4O5S. The second-order valence-electron chi connectivity index (χ2n) is 5.00. The number of nitrogens with zero attached hydrogens (tertiary/aromatic N) is 3. The van der Waals surface area contributed by atoms with Gasteiger partial charge in [0.1, 0.15) is 0 Å². The number of hydrogen-bond donors (Lipinski definition) is 1. The molecule has 2 aromatic heterocycles. The van der Waals surface area contributed by atoms with Crippen molar-refractivity contribution in [3.8, 4) is 10.8 Å². The first-order valence-corrected chi connectivity index (χ1v) is 7.96. The number of ether oxygens (including phenoxy) is 1. The number of nitrogens with two attached hydrogens (primary N) is 1. The summed E-state index contributed by atoms with van der Waals surface area (Å²) in [6.07, 6.45) is -0.840. The van der Waals surface area contributed by atoms with Crippen LogP contribution in [0.2, 0.25) is 0 Å². The SMILES string of the molecule is CC(OC(=O)c1cc([N+](=O)[O-])ccc1N)c1nnc(-c2cccs2)o1. The van der Waals surface area contributed by atoms with Crippen molar-refractivity contribution in [2.24, 2.45) is 0 Å². The molecule has 3 rings (SSSR count). The average molecular weight is 360 g/mol. The molecule has 1 atom stereocenters. The highest BCUT2D eigenvalue weighted by molar-refractivity contribution is 7.13. The lowest BCUT2D eigenvalue weighted by Crippen LogP contribution is -2.12. The number of hydrogen-bond acceptors (Lipinski definition) is 9. The molecule has 1 unspecified atom stereocenters. The molecule has 0 amide bonds. The highest BCUT2D eigenvalue weighted by atomic mass is 32.1. The van der Waals surface area contributed by atoms with Gasteiger partial charge in [0.2, 0.25) is 0 Å². The van der Waals surface area contributed by atoms with E-state index in [-0.39, 0.29) is 22.8 Å². The number of nitrogen functional groups attached to an aromatic ring is 1. The van der Waals surface area contributed by atoms with Crippen LogP contribution in [0.25, 0.3) is 10.8 Å². The van der Waals surface area contributed by atoms with Gasteiger partial charge in [-0.3, -0.25) is 10.1 Å². The Morgan fingerprint density at radius 3 is 2.88 bits per heavy atom. The van der Waals surface area contributed by atoms with Crippen LogP contribution < -0.4 is 5.73 Å². The van der Waals surface area contributed by atoms with Gasteiger partial charge < -0.3 is 14.9 Å². The second kappa shape index (κ2) is 6.69. The molecule has 1 aromatic carbocycles. The van der Waals surface area contributed by atoms with Crippen LogP contribution in [0.3, 0.4) is 0 Å². The maximum Gasteiger partial charge on any atom is 0.341 e. The largest absolute Gasteiger partial charge is 0.449 e. The third-order valence-corrected chi connectivity index (χ3v) is 4.13. The van der Waals surface area contributed by atoms with Crippen LogP contribution in [-0.2, 0) is 4.74 Å². The van der Waals surface area contributed by atoms with Crippen LogP contribution in [0.5, 0.6) is 0 Å². The molecule has 0 spiro atoms. The number of carbonyl (C=O) groups is 1. The van der Waals surface area contributed by atoms with E-state index in [1.165, 1.54) is 23.5 Å². The van der Waals surface area contributed by atoms with Crippen molar-refractivity contribution in [3.05, 3.63) is 57.3 Å². The van der Waals surface area contributed by atoms with Gasteiger partial charge in [0.15, 0.2) is 6.10 Å². The normalized spacial score (nSPS) is 11.9. The molecule has 9 nitrogen and oxygen atoms in total. The average Bonchev–Trinajstić information content (AvgIpc) is 3.26. The Labute approximate surface area is 145 Å². The Balaban J connectivity index is 1.77. The molecule has 0 saturated carbocycles. The van der Waals surface area contributed by atoms with Crippen LogP contribution in [-0.4, -0.2) is 21.1 Å². The number of aromatic nitrogens is 2. The summed E-state index contributed by atoms with van der Waals surface area (Å²) in [6, 6.07) is 7.22. The summed E-state index contributed by atoms with van der Waals surface area (Å²) in [5, 5.41) is 20.5. The van der Waals surface area contributed by atoms with Crippen molar-refractivity contribution in [1.82, 2.24) is 10.2 Å². The molecule has 2 N–H and O–H groups in total. The molecule has 2 heterocycles. The zero-order valence-corrected chi connectivity index (χ0v) is 13.7. The first-order chi connectivity index (χ1) is 12.0. The topological polar surface area (TPSA) is 134 Å². The van der Waals surface area contributed by atoms with Gasteiger partial charge in [-0.05, 0) is 24.4 Å². The van der Waals surface area contributed by atoms with E-state index in [1.807, 2.05) is 17.5 Å². The van der Waals surface area contributed by atoms with Crippen molar-refractivity contribution < 1.29 is 18.9 Å². The number of esters is 1.